The van der Waals surface area contributed by atoms with E-state index in [1.807, 2.05) is 36.7 Å². The second kappa shape index (κ2) is 9.61. The van der Waals surface area contributed by atoms with E-state index in [9.17, 15) is 4.79 Å². The maximum absolute atomic E-state index is 12.4. The Morgan fingerprint density at radius 1 is 1.03 bits per heavy atom. The largest absolute Gasteiger partial charge is 0.492 e. The number of carbonyl (C=O) groups excluding carboxylic acids is 1. The predicted octanol–water partition coefficient (Wildman–Crippen LogP) is 4.81. The normalized spacial score (nSPS) is 10.4. The van der Waals surface area contributed by atoms with Crippen molar-refractivity contribution in [1.29, 1.82) is 0 Å². The van der Waals surface area contributed by atoms with Crippen LogP contribution in [0.2, 0.25) is 0 Å². The number of hydrogen-bond donors (Lipinski definition) is 2. The summed E-state index contributed by atoms with van der Waals surface area (Å²) in [7, 11) is 0. The number of nitrogens with zero attached hydrogens (tertiary/aromatic N) is 4. The van der Waals surface area contributed by atoms with E-state index >= 15 is 0 Å². The number of anilines is 2. The van der Waals surface area contributed by atoms with Crippen LogP contribution in [-0.4, -0.2) is 32.2 Å². The number of aryl methyl sites for hydroxylation is 1. The second-order valence-corrected chi connectivity index (χ2v) is 6.69. The third kappa shape index (κ3) is 5.01. The number of amides is 2. The summed E-state index contributed by atoms with van der Waals surface area (Å²) < 4.78 is 13.2. The van der Waals surface area contributed by atoms with Crippen LogP contribution in [0.4, 0.5) is 16.2 Å². The minimum atomic E-state index is -0.373. The van der Waals surface area contributed by atoms with Gasteiger partial charge in [0.25, 0.3) is 0 Å². The lowest BCUT2D eigenvalue weighted by Gasteiger charge is -2.12. The fraction of sp³-hybridized carbons (Fsp3) is 0.130. The highest BCUT2D eigenvalue weighted by molar-refractivity contribution is 6.00. The fourth-order valence-corrected chi connectivity index (χ4v) is 3.00. The lowest BCUT2D eigenvalue weighted by Crippen LogP contribution is -2.19. The van der Waals surface area contributed by atoms with Gasteiger partial charge >= 0.3 is 6.03 Å². The van der Waals surface area contributed by atoms with Crippen molar-refractivity contribution in [2.24, 2.45) is 0 Å². The van der Waals surface area contributed by atoms with Gasteiger partial charge in [0.05, 0.1) is 12.3 Å². The van der Waals surface area contributed by atoms with E-state index in [0.29, 0.717) is 41.2 Å². The highest BCUT2D eigenvalue weighted by Crippen LogP contribution is 2.25. The number of para-hydroxylation sites is 2. The average molecular weight is 430 g/mol. The standard InChI is InChI=1S/C23H22N6O3/c1-3-31-20-7-5-4-6-19(20)28-23(30)27-17-8-10-18(11-9-17)32-22-14-21(25-15-26-22)29-13-12-24-16(29)2/h4-15H,3H2,1-2H3,(H2,27,28,30). The quantitative estimate of drug-likeness (QED) is 0.436. The lowest BCUT2D eigenvalue weighted by molar-refractivity contribution is 0.262. The first-order valence-corrected chi connectivity index (χ1v) is 10.0. The smallest absolute Gasteiger partial charge is 0.323 e. The molecule has 32 heavy (non-hydrogen) atoms. The van der Waals surface area contributed by atoms with E-state index in [0.717, 1.165) is 5.82 Å². The Morgan fingerprint density at radius 2 is 1.84 bits per heavy atom. The van der Waals surface area contributed by atoms with E-state index < -0.39 is 0 Å². The van der Waals surface area contributed by atoms with E-state index in [1.165, 1.54) is 6.33 Å². The van der Waals surface area contributed by atoms with Gasteiger partial charge in [-0.25, -0.2) is 19.7 Å². The first kappa shape index (κ1) is 20.9. The molecular weight excluding hydrogens is 408 g/mol. The Kier molecular flexibility index (Phi) is 6.26. The van der Waals surface area contributed by atoms with Gasteiger partial charge in [-0.15, -0.1) is 0 Å². The zero-order chi connectivity index (χ0) is 22.3. The van der Waals surface area contributed by atoms with E-state index in [1.54, 1.807) is 48.7 Å². The molecule has 2 aromatic carbocycles. The van der Waals surface area contributed by atoms with Crippen molar-refractivity contribution in [1.82, 2.24) is 19.5 Å². The first-order valence-electron chi connectivity index (χ1n) is 10.0. The predicted molar refractivity (Wildman–Crippen MR) is 121 cm³/mol. The number of benzene rings is 2. The molecule has 2 heterocycles. The van der Waals surface area contributed by atoms with Crippen LogP contribution in [0, 0.1) is 6.92 Å². The molecule has 9 heteroatoms. The number of carbonyl (C=O) groups is 1. The van der Waals surface area contributed by atoms with Crippen LogP contribution in [0.15, 0.2) is 73.3 Å². The molecule has 0 atom stereocenters. The van der Waals surface area contributed by atoms with Gasteiger partial charge < -0.3 is 20.1 Å². The monoisotopic (exact) mass is 430 g/mol. The van der Waals surface area contributed by atoms with Gasteiger partial charge in [-0.3, -0.25) is 4.57 Å². The fourth-order valence-electron chi connectivity index (χ4n) is 3.00. The Bertz CT molecular complexity index is 1210. The summed E-state index contributed by atoms with van der Waals surface area (Å²) in [4.78, 5) is 25.0. The van der Waals surface area contributed by atoms with Crippen molar-refractivity contribution in [2.75, 3.05) is 17.2 Å². The molecule has 0 spiro atoms. The molecule has 0 unspecified atom stereocenters. The van der Waals surface area contributed by atoms with Crippen molar-refractivity contribution in [3.8, 4) is 23.2 Å². The molecule has 2 N–H and O–H groups in total. The molecule has 0 radical (unpaired) electrons. The molecular formula is C23H22N6O3. The summed E-state index contributed by atoms with van der Waals surface area (Å²) in [5.74, 6) is 3.06. The van der Waals surface area contributed by atoms with E-state index in [4.69, 9.17) is 9.47 Å². The molecule has 9 nitrogen and oxygen atoms in total. The van der Waals surface area contributed by atoms with Crippen LogP contribution in [0.1, 0.15) is 12.7 Å². The van der Waals surface area contributed by atoms with Crippen molar-refractivity contribution in [2.45, 2.75) is 13.8 Å². The molecule has 2 amide bonds. The third-order valence-corrected chi connectivity index (χ3v) is 4.47. The second-order valence-electron chi connectivity index (χ2n) is 6.69. The Morgan fingerprint density at radius 3 is 2.59 bits per heavy atom. The molecule has 2 aromatic heterocycles. The highest BCUT2D eigenvalue weighted by Gasteiger charge is 2.09. The van der Waals surface area contributed by atoms with Crippen LogP contribution in [0.5, 0.6) is 17.4 Å². The van der Waals surface area contributed by atoms with Gasteiger partial charge in [0.15, 0.2) is 0 Å². The molecule has 0 saturated heterocycles. The maximum atomic E-state index is 12.4. The SMILES string of the molecule is CCOc1ccccc1NC(=O)Nc1ccc(Oc2cc(-n3ccnc3C)ncn2)cc1. The van der Waals surface area contributed by atoms with E-state index in [-0.39, 0.29) is 6.03 Å². The van der Waals surface area contributed by atoms with Gasteiger partial charge in [0.1, 0.15) is 29.5 Å². The Labute approximate surface area is 185 Å². The topological polar surface area (TPSA) is 103 Å². The van der Waals surface area contributed by atoms with Crippen molar-refractivity contribution in [3.05, 3.63) is 79.1 Å². The molecule has 4 aromatic rings. The number of imidazole rings is 1. The van der Waals surface area contributed by atoms with Crippen LogP contribution >= 0.6 is 0 Å². The number of aromatic nitrogens is 4. The molecule has 162 valence electrons. The number of nitrogens with one attached hydrogen (secondary N) is 2. The Balaban J connectivity index is 1.39. The van der Waals surface area contributed by atoms with Gasteiger partial charge in [-0.1, -0.05) is 12.1 Å². The minimum Gasteiger partial charge on any atom is -0.492 e. The summed E-state index contributed by atoms with van der Waals surface area (Å²) in [6.45, 7) is 4.29. The summed E-state index contributed by atoms with van der Waals surface area (Å²) in [6, 6.07) is 15.6. The first-order chi connectivity index (χ1) is 15.6. The molecule has 0 aliphatic carbocycles. The number of ether oxygens (including phenoxy) is 2. The number of urea groups is 1. The van der Waals surface area contributed by atoms with Gasteiger partial charge in [0.2, 0.25) is 5.88 Å². The number of rotatable bonds is 7. The van der Waals surface area contributed by atoms with Crippen molar-refractivity contribution in [3.63, 3.8) is 0 Å². The molecule has 0 saturated carbocycles. The van der Waals surface area contributed by atoms with Crippen molar-refractivity contribution >= 4 is 17.4 Å². The van der Waals surface area contributed by atoms with Crippen LogP contribution in [-0.2, 0) is 0 Å². The lowest BCUT2D eigenvalue weighted by atomic mass is 10.3. The van der Waals surface area contributed by atoms with Crippen molar-refractivity contribution < 1.29 is 14.3 Å². The molecule has 4 rings (SSSR count). The third-order valence-electron chi connectivity index (χ3n) is 4.47. The molecule has 0 aliphatic heterocycles. The van der Waals surface area contributed by atoms with Crippen LogP contribution in [0.25, 0.3) is 5.82 Å². The average Bonchev–Trinajstić information content (AvgIpc) is 3.23. The number of hydrogen-bond acceptors (Lipinski definition) is 6. The zero-order valence-electron chi connectivity index (χ0n) is 17.6. The van der Waals surface area contributed by atoms with Gasteiger partial charge in [-0.2, -0.15) is 0 Å². The highest BCUT2D eigenvalue weighted by atomic mass is 16.5. The summed E-state index contributed by atoms with van der Waals surface area (Å²) >= 11 is 0. The minimum absolute atomic E-state index is 0.373. The van der Waals surface area contributed by atoms with Gasteiger partial charge in [-0.05, 0) is 50.2 Å². The van der Waals surface area contributed by atoms with Gasteiger partial charge in [0, 0.05) is 24.1 Å². The summed E-state index contributed by atoms with van der Waals surface area (Å²) in [5.41, 5.74) is 1.21. The maximum Gasteiger partial charge on any atom is 0.323 e. The molecule has 0 fully saturated rings. The van der Waals surface area contributed by atoms with E-state index in [2.05, 4.69) is 25.6 Å². The molecule has 0 bridgehead atoms. The summed E-state index contributed by atoms with van der Waals surface area (Å²) in [5, 5.41) is 5.58. The van der Waals surface area contributed by atoms with Crippen LogP contribution in [0.3, 0.4) is 0 Å². The molecule has 0 aliphatic rings. The zero-order valence-corrected chi connectivity index (χ0v) is 17.6. The summed E-state index contributed by atoms with van der Waals surface area (Å²) in [6.07, 6.45) is 4.96. The van der Waals surface area contributed by atoms with Crippen LogP contribution < -0.4 is 20.1 Å². The Hall–Kier alpha value is -4.40.